The second kappa shape index (κ2) is 8.60. The molecule has 1 atom stereocenters. The molecule has 108 valence electrons. The molecule has 1 aromatic carbocycles. The molecule has 1 unspecified atom stereocenters. The zero-order chi connectivity index (χ0) is 14.1. The Balaban J connectivity index is 2.30. The summed E-state index contributed by atoms with van der Waals surface area (Å²) in [6.07, 6.45) is 10.2. The van der Waals surface area contributed by atoms with Gasteiger partial charge in [-0.1, -0.05) is 81.7 Å². The number of hydrogen-bond acceptors (Lipinski definition) is 1. The molecule has 0 spiro atoms. The van der Waals surface area contributed by atoms with Gasteiger partial charge in [0.1, 0.15) is 0 Å². The fourth-order valence-corrected chi connectivity index (χ4v) is 2.86. The smallest absolute Gasteiger partial charge is 0.0456 e. The maximum atomic E-state index is 6.42. The van der Waals surface area contributed by atoms with Crippen LogP contribution in [0.25, 0.3) is 0 Å². The number of rotatable bonds is 9. The van der Waals surface area contributed by atoms with Crippen molar-refractivity contribution in [3.63, 3.8) is 0 Å². The normalized spacial score (nSPS) is 14.3. The molecule has 0 saturated carbocycles. The van der Waals surface area contributed by atoms with Crippen LogP contribution in [-0.2, 0) is 5.54 Å². The molecular formula is C17H28ClN. The first-order chi connectivity index (χ1) is 9.08. The summed E-state index contributed by atoms with van der Waals surface area (Å²) in [6, 6.07) is 7.93. The maximum Gasteiger partial charge on any atom is 0.0456 e. The van der Waals surface area contributed by atoms with E-state index >= 15 is 0 Å². The van der Waals surface area contributed by atoms with Crippen molar-refractivity contribution < 1.29 is 0 Å². The Kier molecular flexibility index (Phi) is 7.48. The average molecular weight is 282 g/mol. The van der Waals surface area contributed by atoms with Gasteiger partial charge in [0.25, 0.3) is 0 Å². The molecule has 0 amide bonds. The first kappa shape index (κ1) is 16.5. The van der Waals surface area contributed by atoms with Crippen molar-refractivity contribution in [2.45, 2.75) is 70.8 Å². The van der Waals surface area contributed by atoms with E-state index in [9.17, 15) is 0 Å². The largest absolute Gasteiger partial charge is 0.322 e. The van der Waals surface area contributed by atoms with Crippen LogP contribution in [0.1, 0.15) is 70.8 Å². The molecule has 1 rings (SSSR count). The Hall–Kier alpha value is -0.530. The Morgan fingerprint density at radius 1 is 1.00 bits per heavy atom. The zero-order valence-corrected chi connectivity index (χ0v) is 13.2. The highest BCUT2D eigenvalue weighted by Crippen LogP contribution is 2.30. The third-order valence-electron chi connectivity index (χ3n) is 3.79. The minimum Gasteiger partial charge on any atom is -0.322 e. The topological polar surface area (TPSA) is 26.0 Å². The summed E-state index contributed by atoms with van der Waals surface area (Å²) in [5.41, 5.74) is 7.18. The van der Waals surface area contributed by atoms with Gasteiger partial charge in [0.15, 0.2) is 0 Å². The molecule has 1 aromatic rings. The fraction of sp³-hybridized carbons (Fsp3) is 0.647. The average Bonchev–Trinajstić information content (AvgIpc) is 2.38. The lowest BCUT2D eigenvalue weighted by Crippen LogP contribution is -2.33. The Labute approximate surface area is 123 Å². The lowest BCUT2D eigenvalue weighted by molar-refractivity contribution is 0.421. The molecule has 0 bridgehead atoms. The first-order valence-electron chi connectivity index (χ1n) is 7.62. The van der Waals surface area contributed by atoms with Crippen molar-refractivity contribution in [3.05, 3.63) is 34.9 Å². The van der Waals surface area contributed by atoms with Gasteiger partial charge in [-0.25, -0.2) is 0 Å². The predicted octanol–water partition coefficient (Wildman–Crippen LogP) is 5.65. The second-order valence-electron chi connectivity index (χ2n) is 5.77. The van der Waals surface area contributed by atoms with Crippen LogP contribution in [0.15, 0.2) is 24.3 Å². The van der Waals surface area contributed by atoms with E-state index in [0.29, 0.717) is 0 Å². The van der Waals surface area contributed by atoms with E-state index in [0.717, 1.165) is 17.0 Å². The number of nitrogens with two attached hydrogens (primary N) is 1. The van der Waals surface area contributed by atoms with Crippen LogP contribution in [0.3, 0.4) is 0 Å². The van der Waals surface area contributed by atoms with E-state index in [1.807, 2.05) is 24.3 Å². The highest BCUT2D eigenvalue weighted by molar-refractivity contribution is 6.31. The Morgan fingerprint density at radius 2 is 1.58 bits per heavy atom. The van der Waals surface area contributed by atoms with Crippen LogP contribution >= 0.6 is 11.6 Å². The van der Waals surface area contributed by atoms with Crippen LogP contribution in [-0.4, -0.2) is 0 Å². The van der Waals surface area contributed by atoms with E-state index in [1.165, 1.54) is 44.9 Å². The molecule has 0 aliphatic rings. The van der Waals surface area contributed by atoms with Crippen molar-refractivity contribution in [2.24, 2.45) is 5.73 Å². The minimum atomic E-state index is -0.304. The molecule has 0 radical (unpaired) electrons. The standard InChI is InChI=1S/C17H28ClN/c1-3-4-5-6-7-8-11-14-17(2,19)15-12-9-10-13-16(15)18/h9-10,12-13H,3-8,11,14,19H2,1-2H3. The summed E-state index contributed by atoms with van der Waals surface area (Å²) in [7, 11) is 0. The molecular weight excluding hydrogens is 254 g/mol. The van der Waals surface area contributed by atoms with Crippen LogP contribution in [0, 0.1) is 0 Å². The zero-order valence-electron chi connectivity index (χ0n) is 12.4. The summed E-state index contributed by atoms with van der Waals surface area (Å²) in [5.74, 6) is 0. The van der Waals surface area contributed by atoms with Crippen molar-refractivity contribution in [1.82, 2.24) is 0 Å². The minimum absolute atomic E-state index is 0.304. The van der Waals surface area contributed by atoms with Gasteiger partial charge < -0.3 is 5.73 Å². The lowest BCUT2D eigenvalue weighted by atomic mass is 9.87. The third-order valence-corrected chi connectivity index (χ3v) is 4.12. The summed E-state index contributed by atoms with van der Waals surface area (Å²) in [4.78, 5) is 0. The number of hydrogen-bond donors (Lipinski definition) is 1. The van der Waals surface area contributed by atoms with Gasteiger partial charge in [0.05, 0.1) is 0 Å². The number of benzene rings is 1. The van der Waals surface area contributed by atoms with Gasteiger partial charge in [-0.2, -0.15) is 0 Å². The molecule has 0 saturated heterocycles. The molecule has 2 heteroatoms. The van der Waals surface area contributed by atoms with E-state index < -0.39 is 0 Å². The van der Waals surface area contributed by atoms with E-state index in [1.54, 1.807) is 0 Å². The van der Waals surface area contributed by atoms with Crippen molar-refractivity contribution in [3.8, 4) is 0 Å². The maximum absolute atomic E-state index is 6.42. The van der Waals surface area contributed by atoms with Crippen LogP contribution in [0.4, 0.5) is 0 Å². The number of halogens is 1. The molecule has 0 aliphatic carbocycles. The first-order valence-corrected chi connectivity index (χ1v) is 7.99. The predicted molar refractivity (Wildman–Crippen MR) is 85.6 cm³/mol. The van der Waals surface area contributed by atoms with E-state index in [-0.39, 0.29) is 5.54 Å². The van der Waals surface area contributed by atoms with Crippen molar-refractivity contribution >= 4 is 11.6 Å². The summed E-state index contributed by atoms with van der Waals surface area (Å²) >= 11 is 6.23. The SMILES string of the molecule is CCCCCCCCCC(C)(N)c1ccccc1Cl. The Bertz CT molecular complexity index is 360. The Morgan fingerprint density at radius 3 is 2.21 bits per heavy atom. The molecule has 0 aliphatic heterocycles. The van der Waals surface area contributed by atoms with Crippen molar-refractivity contribution in [2.75, 3.05) is 0 Å². The lowest BCUT2D eigenvalue weighted by Gasteiger charge is -2.26. The highest BCUT2D eigenvalue weighted by atomic mass is 35.5. The summed E-state index contributed by atoms with van der Waals surface area (Å²) < 4.78 is 0. The van der Waals surface area contributed by atoms with E-state index in [4.69, 9.17) is 17.3 Å². The van der Waals surface area contributed by atoms with Gasteiger partial charge >= 0.3 is 0 Å². The van der Waals surface area contributed by atoms with Gasteiger partial charge in [0, 0.05) is 10.6 Å². The molecule has 0 heterocycles. The molecule has 1 nitrogen and oxygen atoms in total. The quantitative estimate of drug-likeness (QED) is 0.581. The van der Waals surface area contributed by atoms with Crippen LogP contribution in [0.5, 0.6) is 0 Å². The summed E-state index contributed by atoms with van der Waals surface area (Å²) in [5, 5.41) is 0.787. The van der Waals surface area contributed by atoms with Gasteiger partial charge in [-0.05, 0) is 25.0 Å². The van der Waals surface area contributed by atoms with Crippen LogP contribution < -0.4 is 5.73 Å². The van der Waals surface area contributed by atoms with Crippen molar-refractivity contribution in [1.29, 1.82) is 0 Å². The molecule has 0 aromatic heterocycles. The van der Waals surface area contributed by atoms with E-state index in [2.05, 4.69) is 13.8 Å². The van der Waals surface area contributed by atoms with Gasteiger partial charge in [-0.3, -0.25) is 0 Å². The number of unbranched alkanes of at least 4 members (excludes halogenated alkanes) is 6. The highest BCUT2D eigenvalue weighted by Gasteiger charge is 2.22. The van der Waals surface area contributed by atoms with Gasteiger partial charge in [0.2, 0.25) is 0 Å². The monoisotopic (exact) mass is 281 g/mol. The third kappa shape index (κ3) is 5.97. The molecule has 19 heavy (non-hydrogen) atoms. The fourth-order valence-electron chi connectivity index (χ4n) is 2.51. The molecule has 0 fully saturated rings. The second-order valence-corrected chi connectivity index (χ2v) is 6.18. The summed E-state index contributed by atoms with van der Waals surface area (Å²) in [6.45, 7) is 4.34. The molecule has 2 N–H and O–H groups in total. The van der Waals surface area contributed by atoms with Gasteiger partial charge in [-0.15, -0.1) is 0 Å². The van der Waals surface area contributed by atoms with Crippen LogP contribution in [0.2, 0.25) is 5.02 Å².